The smallest absolute Gasteiger partial charge is 0.269 e. The number of amides is 1. The van der Waals surface area contributed by atoms with Crippen molar-refractivity contribution in [3.63, 3.8) is 0 Å². The van der Waals surface area contributed by atoms with E-state index in [1.807, 2.05) is 0 Å². The number of amidine groups is 1. The summed E-state index contributed by atoms with van der Waals surface area (Å²) < 4.78 is 18.7. The van der Waals surface area contributed by atoms with Crippen LogP contribution in [-0.4, -0.2) is 16.0 Å². The number of hydrogen-bond donors (Lipinski definition) is 1. The lowest BCUT2D eigenvalue weighted by atomic mass is 10.2. The average molecular weight is 449 g/mol. The number of nitro groups is 1. The Morgan fingerprint density at radius 1 is 1.09 bits per heavy atom. The highest BCUT2D eigenvalue weighted by atomic mass is 32.2. The number of benzene rings is 3. The highest BCUT2D eigenvalue weighted by Crippen LogP contribution is 2.28. The monoisotopic (exact) mass is 449 g/mol. The molecule has 9 heteroatoms. The van der Waals surface area contributed by atoms with Gasteiger partial charge < -0.3 is 10.1 Å². The summed E-state index contributed by atoms with van der Waals surface area (Å²) >= 11 is 1.20. The minimum Gasteiger partial charge on any atom is -0.489 e. The highest BCUT2D eigenvalue weighted by molar-refractivity contribution is 8.18. The molecule has 3 aromatic rings. The lowest BCUT2D eigenvalue weighted by Crippen LogP contribution is -2.19. The van der Waals surface area contributed by atoms with Gasteiger partial charge in [0, 0.05) is 12.1 Å². The largest absolute Gasteiger partial charge is 0.489 e. The summed E-state index contributed by atoms with van der Waals surface area (Å²) in [7, 11) is 0. The van der Waals surface area contributed by atoms with Crippen LogP contribution in [0, 0.1) is 15.9 Å². The molecule has 1 heterocycles. The maximum Gasteiger partial charge on any atom is 0.269 e. The third kappa shape index (κ3) is 5.38. The van der Waals surface area contributed by atoms with Gasteiger partial charge in [-0.1, -0.05) is 24.3 Å². The number of non-ortho nitro benzene ring substituents is 1. The van der Waals surface area contributed by atoms with Gasteiger partial charge in [0.15, 0.2) is 5.17 Å². The van der Waals surface area contributed by atoms with Crippen molar-refractivity contribution in [2.24, 2.45) is 4.99 Å². The molecule has 1 amide bonds. The fraction of sp³-hybridized carbons (Fsp3) is 0.0435. The van der Waals surface area contributed by atoms with E-state index in [4.69, 9.17) is 4.74 Å². The third-order valence-electron chi connectivity index (χ3n) is 4.41. The minimum atomic E-state index is -0.446. The molecule has 32 heavy (non-hydrogen) atoms. The van der Waals surface area contributed by atoms with Gasteiger partial charge >= 0.3 is 0 Å². The van der Waals surface area contributed by atoms with Gasteiger partial charge in [-0.25, -0.2) is 9.38 Å². The van der Waals surface area contributed by atoms with E-state index >= 15 is 0 Å². The summed E-state index contributed by atoms with van der Waals surface area (Å²) in [5, 5.41) is 14.0. The molecule has 7 nitrogen and oxygen atoms in total. The number of halogens is 1. The SMILES string of the molecule is O=C1NC(=Nc2ccc(F)cc2)S/C1=C/c1ccc(OCc2cccc([N+](=O)[O-])c2)cc1. The fourth-order valence-corrected chi connectivity index (χ4v) is 3.69. The molecule has 1 N–H and O–H groups in total. The number of nitrogens with one attached hydrogen (secondary N) is 1. The lowest BCUT2D eigenvalue weighted by Gasteiger charge is -2.06. The Bertz CT molecular complexity index is 1220. The van der Waals surface area contributed by atoms with Crippen molar-refractivity contribution >= 4 is 40.3 Å². The van der Waals surface area contributed by atoms with E-state index in [-0.39, 0.29) is 24.0 Å². The summed E-state index contributed by atoms with van der Waals surface area (Å²) in [6.07, 6.45) is 1.73. The molecule has 160 valence electrons. The Balaban J connectivity index is 1.39. The van der Waals surface area contributed by atoms with E-state index in [9.17, 15) is 19.3 Å². The maximum atomic E-state index is 13.0. The van der Waals surface area contributed by atoms with Crippen LogP contribution in [0.3, 0.4) is 0 Å². The van der Waals surface area contributed by atoms with E-state index in [1.165, 1.54) is 48.2 Å². The van der Waals surface area contributed by atoms with Gasteiger partial charge in [0.1, 0.15) is 18.2 Å². The Labute approximate surface area is 186 Å². The van der Waals surface area contributed by atoms with Gasteiger partial charge in [0.25, 0.3) is 11.6 Å². The Morgan fingerprint density at radius 3 is 2.56 bits per heavy atom. The second-order valence-corrected chi connectivity index (χ2v) is 7.77. The molecular weight excluding hydrogens is 433 g/mol. The van der Waals surface area contributed by atoms with Crippen molar-refractivity contribution in [3.05, 3.63) is 105 Å². The van der Waals surface area contributed by atoms with Crippen molar-refractivity contribution < 1.29 is 18.8 Å². The number of carbonyl (C=O) groups is 1. The predicted molar refractivity (Wildman–Crippen MR) is 121 cm³/mol. The number of nitro benzene ring substituents is 1. The Morgan fingerprint density at radius 2 is 1.84 bits per heavy atom. The molecule has 0 aliphatic carbocycles. The maximum absolute atomic E-state index is 13.0. The van der Waals surface area contributed by atoms with Crippen molar-refractivity contribution in [3.8, 4) is 5.75 Å². The van der Waals surface area contributed by atoms with Crippen LogP contribution >= 0.6 is 11.8 Å². The molecule has 4 rings (SSSR count). The Hall–Kier alpha value is -3.98. The normalized spacial score (nSPS) is 15.7. The number of thioether (sulfide) groups is 1. The van der Waals surface area contributed by atoms with Gasteiger partial charge in [-0.15, -0.1) is 0 Å². The number of nitrogens with zero attached hydrogens (tertiary/aromatic N) is 2. The molecule has 0 aromatic heterocycles. The fourth-order valence-electron chi connectivity index (χ4n) is 2.85. The zero-order valence-electron chi connectivity index (χ0n) is 16.5. The molecule has 0 unspecified atom stereocenters. The first-order valence-electron chi connectivity index (χ1n) is 9.48. The quantitative estimate of drug-likeness (QED) is 0.317. The number of aliphatic imine (C=N–C) groups is 1. The first-order valence-corrected chi connectivity index (χ1v) is 10.3. The number of ether oxygens (including phenoxy) is 1. The van der Waals surface area contributed by atoms with Crippen LogP contribution in [0.4, 0.5) is 15.8 Å². The van der Waals surface area contributed by atoms with Crippen LogP contribution < -0.4 is 10.1 Å². The number of rotatable bonds is 6. The van der Waals surface area contributed by atoms with Crippen molar-refractivity contribution in [1.29, 1.82) is 0 Å². The second kappa shape index (κ2) is 9.44. The van der Waals surface area contributed by atoms with Crippen LogP contribution in [-0.2, 0) is 11.4 Å². The van der Waals surface area contributed by atoms with Gasteiger partial charge in [-0.05, 0) is 65.4 Å². The average Bonchev–Trinajstić information content (AvgIpc) is 3.13. The summed E-state index contributed by atoms with van der Waals surface area (Å²) in [4.78, 5) is 27.4. The summed E-state index contributed by atoms with van der Waals surface area (Å²) in [5.74, 6) is -0.0160. The number of hydrogen-bond acceptors (Lipinski definition) is 6. The van der Waals surface area contributed by atoms with E-state index in [2.05, 4.69) is 10.3 Å². The summed E-state index contributed by atoms with van der Waals surface area (Å²) in [6.45, 7) is 0.198. The standard InChI is InChI=1S/C23H16FN3O4S/c24-17-6-8-18(9-7-17)25-23-26-22(28)21(32-23)13-15-4-10-20(11-5-15)31-14-16-2-1-3-19(12-16)27(29)30/h1-13H,14H2,(H,25,26,28)/b21-13+. The highest BCUT2D eigenvalue weighted by Gasteiger charge is 2.23. The summed E-state index contributed by atoms with van der Waals surface area (Å²) in [6, 6.07) is 19.1. The minimum absolute atomic E-state index is 0.0164. The molecule has 0 atom stereocenters. The van der Waals surface area contributed by atoms with Gasteiger partial charge in [0.2, 0.25) is 0 Å². The van der Waals surface area contributed by atoms with Crippen LogP contribution in [0.5, 0.6) is 5.75 Å². The molecule has 0 radical (unpaired) electrons. The molecule has 1 fully saturated rings. The van der Waals surface area contributed by atoms with E-state index < -0.39 is 4.92 Å². The first kappa shape index (κ1) is 21.3. The van der Waals surface area contributed by atoms with Crippen LogP contribution in [0.25, 0.3) is 6.08 Å². The second-order valence-electron chi connectivity index (χ2n) is 6.74. The zero-order chi connectivity index (χ0) is 22.5. The van der Waals surface area contributed by atoms with Gasteiger partial charge in [0.05, 0.1) is 15.5 Å². The molecule has 0 saturated carbocycles. The lowest BCUT2D eigenvalue weighted by molar-refractivity contribution is -0.384. The van der Waals surface area contributed by atoms with Gasteiger partial charge in [-0.3, -0.25) is 14.9 Å². The van der Waals surface area contributed by atoms with Gasteiger partial charge in [-0.2, -0.15) is 0 Å². The zero-order valence-corrected chi connectivity index (χ0v) is 17.3. The van der Waals surface area contributed by atoms with Crippen molar-refractivity contribution in [1.82, 2.24) is 5.32 Å². The number of carbonyl (C=O) groups excluding carboxylic acids is 1. The molecule has 0 bridgehead atoms. The van der Waals surface area contributed by atoms with E-state index in [0.29, 0.717) is 27.1 Å². The molecule has 1 saturated heterocycles. The van der Waals surface area contributed by atoms with Crippen molar-refractivity contribution in [2.75, 3.05) is 0 Å². The van der Waals surface area contributed by atoms with Crippen LogP contribution in [0.15, 0.2) is 82.7 Å². The van der Waals surface area contributed by atoms with E-state index in [1.54, 1.807) is 42.5 Å². The molecule has 0 spiro atoms. The third-order valence-corrected chi connectivity index (χ3v) is 5.32. The summed E-state index contributed by atoms with van der Waals surface area (Å²) in [5.41, 5.74) is 2.05. The molecular formula is C23H16FN3O4S. The molecule has 1 aliphatic heterocycles. The predicted octanol–water partition coefficient (Wildman–Crippen LogP) is 5.20. The molecule has 3 aromatic carbocycles. The molecule has 1 aliphatic rings. The van der Waals surface area contributed by atoms with Crippen LogP contribution in [0.2, 0.25) is 0 Å². The topological polar surface area (TPSA) is 93.8 Å². The van der Waals surface area contributed by atoms with E-state index in [0.717, 1.165) is 5.56 Å². The van der Waals surface area contributed by atoms with Crippen LogP contribution in [0.1, 0.15) is 11.1 Å². The Kier molecular flexibility index (Phi) is 6.27. The van der Waals surface area contributed by atoms with Crippen molar-refractivity contribution in [2.45, 2.75) is 6.61 Å². The first-order chi connectivity index (χ1) is 15.5.